The molecule has 0 atom stereocenters. The summed E-state index contributed by atoms with van der Waals surface area (Å²) in [6.45, 7) is 3.90. The highest BCUT2D eigenvalue weighted by atomic mass is 16.5. The lowest BCUT2D eigenvalue weighted by Gasteiger charge is -2.11. The number of aromatic nitrogens is 1. The van der Waals surface area contributed by atoms with Crippen molar-refractivity contribution >= 4 is 22.5 Å². The molecule has 0 aliphatic carbocycles. The molecule has 0 spiro atoms. The van der Waals surface area contributed by atoms with Crippen LogP contribution in [0.1, 0.15) is 29.8 Å². The minimum Gasteiger partial charge on any atom is -0.491 e. The maximum atomic E-state index is 12.5. The summed E-state index contributed by atoms with van der Waals surface area (Å²) in [5.41, 5.74) is 2.21. The number of hydrogen-bond donors (Lipinski definition) is 1. The standard InChI is InChI=1S/C20H17N3O2/c1-13(2)25-16-8-6-14(7-9-16)20(24)23-18-5-3-4-17-15(12-21)10-11-22-19(17)18/h3-11,13H,1-2H3,(H,23,24). The molecule has 1 heterocycles. The molecule has 1 N–H and O–H groups in total. The van der Waals surface area contributed by atoms with Crippen molar-refractivity contribution in [1.82, 2.24) is 4.98 Å². The van der Waals surface area contributed by atoms with Gasteiger partial charge in [0, 0.05) is 17.1 Å². The van der Waals surface area contributed by atoms with E-state index in [4.69, 9.17) is 4.74 Å². The summed E-state index contributed by atoms with van der Waals surface area (Å²) in [6.07, 6.45) is 1.64. The number of fused-ring (bicyclic) bond motifs is 1. The fourth-order valence-corrected chi connectivity index (χ4v) is 2.53. The van der Waals surface area contributed by atoms with Gasteiger partial charge in [0.15, 0.2) is 0 Å². The highest BCUT2D eigenvalue weighted by Crippen LogP contribution is 2.24. The minimum atomic E-state index is -0.243. The molecule has 25 heavy (non-hydrogen) atoms. The van der Waals surface area contributed by atoms with Crippen LogP contribution in [0, 0.1) is 11.3 Å². The molecule has 0 radical (unpaired) electrons. The fraction of sp³-hybridized carbons (Fsp3) is 0.150. The van der Waals surface area contributed by atoms with Crippen LogP contribution in [0.15, 0.2) is 54.7 Å². The second-order valence-corrected chi connectivity index (χ2v) is 5.82. The third kappa shape index (κ3) is 3.59. The van der Waals surface area contributed by atoms with E-state index in [1.165, 1.54) is 0 Å². The Balaban J connectivity index is 1.86. The van der Waals surface area contributed by atoms with Crippen LogP contribution in [-0.4, -0.2) is 17.0 Å². The Kier molecular flexibility index (Phi) is 4.62. The van der Waals surface area contributed by atoms with Crippen LogP contribution in [0.2, 0.25) is 0 Å². The summed E-state index contributed by atoms with van der Waals surface area (Å²) in [4.78, 5) is 16.8. The Labute approximate surface area is 145 Å². The van der Waals surface area contributed by atoms with E-state index < -0.39 is 0 Å². The topological polar surface area (TPSA) is 75.0 Å². The van der Waals surface area contributed by atoms with Gasteiger partial charge in [-0.05, 0) is 50.2 Å². The van der Waals surface area contributed by atoms with Crippen molar-refractivity contribution in [3.8, 4) is 11.8 Å². The molecule has 3 rings (SSSR count). The molecule has 0 aliphatic heterocycles. The van der Waals surface area contributed by atoms with Gasteiger partial charge in [0.1, 0.15) is 5.75 Å². The second-order valence-electron chi connectivity index (χ2n) is 5.82. The number of pyridine rings is 1. The van der Waals surface area contributed by atoms with Gasteiger partial charge in [0.25, 0.3) is 5.91 Å². The molecule has 3 aromatic rings. The van der Waals surface area contributed by atoms with Gasteiger partial charge in [-0.1, -0.05) is 12.1 Å². The van der Waals surface area contributed by atoms with Crippen LogP contribution in [0.25, 0.3) is 10.9 Å². The number of para-hydroxylation sites is 1. The molecule has 0 unspecified atom stereocenters. The number of nitriles is 1. The molecule has 2 aromatic carbocycles. The summed E-state index contributed by atoms with van der Waals surface area (Å²) in [5.74, 6) is 0.477. The fourth-order valence-electron chi connectivity index (χ4n) is 2.53. The van der Waals surface area contributed by atoms with Crippen molar-refractivity contribution in [3.63, 3.8) is 0 Å². The maximum Gasteiger partial charge on any atom is 0.255 e. The van der Waals surface area contributed by atoms with Crippen molar-refractivity contribution in [1.29, 1.82) is 5.26 Å². The molecule has 0 aliphatic rings. The largest absolute Gasteiger partial charge is 0.491 e. The zero-order valence-electron chi connectivity index (χ0n) is 14.0. The van der Waals surface area contributed by atoms with Crippen molar-refractivity contribution in [2.75, 3.05) is 5.32 Å². The highest BCUT2D eigenvalue weighted by molar-refractivity contribution is 6.08. The van der Waals surface area contributed by atoms with Gasteiger partial charge in [0.2, 0.25) is 0 Å². The van der Waals surface area contributed by atoms with Gasteiger partial charge < -0.3 is 10.1 Å². The van der Waals surface area contributed by atoms with Gasteiger partial charge in [-0.25, -0.2) is 0 Å². The predicted octanol–water partition coefficient (Wildman–Crippen LogP) is 4.15. The summed E-state index contributed by atoms with van der Waals surface area (Å²) in [5, 5.41) is 12.8. The summed E-state index contributed by atoms with van der Waals surface area (Å²) in [7, 11) is 0. The van der Waals surface area contributed by atoms with Crippen molar-refractivity contribution < 1.29 is 9.53 Å². The van der Waals surface area contributed by atoms with Gasteiger partial charge >= 0.3 is 0 Å². The van der Waals surface area contributed by atoms with E-state index in [0.29, 0.717) is 27.7 Å². The van der Waals surface area contributed by atoms with Crippen molar-refractivity contribution in [2.24, 2.45) is 0 Å². The molecule has 0 saturated heterocycles. The lowest BCUT2D eigenvalue weighted by Crippen LogP contribution is -2.12. The molecular formula is C20H17N3O2. The van der Waals surface area contributed by atoms with Crippen LogP contribution in [0.5, 0.6) is 5.75 Å². The monoisotopic (exact) mass is 331 g/mol. The number of nitrogens with one attached hydrogen (secondary N) is 1. The zero-order chi connectivity index (χ0) is 17.8. The molecule has 1 aromatic heterocycles. The number of carbonyl (C=O) groups excluding carboxylic acids is 1. The normalized spacial score (nSPS) is 10.5. The van der Waals surface area contributed by atoms with Gasteiger partial charge in [0.05, 0.1) is 28.9 Å². The number of benzene rings is 2. The molecule has 5 heteroatoms. The first kappa shape index (κ1) is 16.5. The second kappa shape index (κ2) is 7.02. The Morgan fingerprint density at radius 1 is 1.16 bits per heavy atom. The Bertz CT molecular complexity index is 957. The first-order valence-electron chi connectivity index (χ1n) is 7.94. The van der Waals surface area contributed by atoms with E-state index in [1.54, 1.807) is 48.7 Å². The Morgan fingerprint density at radius 2 is 1.92 bits per heavy atom. The number of amides is 1. The first-order chi connectivity index (χ1) is 12.1. The van der Waals surface area contributed by atoms with E-state index in [9.17, 15) is 10.1 Å². The maximum absolute atomic E-state index is 12.5. The number of nitrogens with zero attached hydrogens (tertiary/aromatic N) is 2. The molecule has 1 amide bonds. The van der Waals surface area contributed by atoms with Crippen LogP contribution in [0.4, 0.5) is 5.69 Å². The molecule has 0 bridgehead atoms. The number of rotatable bonds is 4. The molecular weight excluding hydrogens is 314 g/mol. The van der Waals surface area contributed by atoms with E-state index in [1.807, 2.05) is 19.9 Å². The van der Waals surface area contributed by atoms with Gasteiger partial charge in [-0.15, -0.1) is 0 Å². The number of carbonyl (C=O) groups is 1. The number of anilines is 1. The smallest absolute Gasteiger partial charge is 0.255 e. The third-order valence-electron chi connectivity index (χ3n) is 3.63. The summed E-state index contributed by atoms with van der Waals surface area (Å²) >= 11 is 0. The van der Waals surface area contributed by atoms with Crippen LogP contribution in [0.3, 0.4) is 0 Å². The average molecular weight is 331 g/mol. The van der Waals surface area contributed by atoms with Crippen LogP contribution in [-0.2, 0) is 0 Å². The lowest BCUT2D eigenvalue weighted by atomic mass is 10.1. The molecule has 0 fully saturated rings. The van der Waals surface area contributed by atoms with Crippen molar-refractivity contribution in [2.45, 2.75) is 20.0 Å². The van der Waals surface area contributed by atoms with Crippen molar-refractivity contribution in [3.05, 3.63) is 65.9 Å². The van der Waals surface area contributed by atoms with E-state index in [2.05, 4.69) is 16.4 Å². The zero-order valence-corrected chi connectivity index (χ0v) is 14.0. The highest BCUT2D eigenvalue weighted by Gasteiger charge is 2.11. The number of ether oxygens (including phenoxy) is 1. The number of hydrogen-bond acceptors (Lipinski definition) is 4. The summed E-state index contributed by atoms with van der Waals surface area (Å²) < 4.78 is 5.58. The molecule has 5 nitrogen and oxygen atoms in total. The van der Waals surface area contributed by atoms with Crippen LogP contribution >= 0.6 is 0 Å². The minimum absolute atomic E-state index is 0.0794. The lowest BCUT2D eigenvalue weighted by molar-refractivity contribution is 0.102. The van der Waals surface area contributed by atoms with Crippen LogP contribution < -0.4 is 10.1 Å². The third-order valence-corrected chi connectivity index (χ3v) is 3.63. The SMILES string of the molecule is CC(C)Oc1ccc(C(=O)Nc2cccc3c(C#N)ccnc23)cc1. The molecule has 0 saturated carbocycles. The van der Waals surface area contributed by atoms with Gasteiger partial charge in [-0.3, -0.25) is 9.78 Å². The van der Waals surface area contributed by atoms with Gasteiger partial charge in [-0.2, -0.15) is 5.26 Å². The first-order valence-corrected chi connectivity index (χ1v) is 7.94. The quantitative estimate of drug-likeness (QED) is 0.779. The predicted molar refractivity (Wildman–Crippen MR) is 96.6 cm³/mol. The van der Waals surface area contributed by atoms with E-state index in [0.717, 1.165) is 5.75 Å². The Morgan fingerprint density at radius 3 is 2.60 bits per heavy atom. The van der Waals surface area contributed by atoms with E-state index >= 15 is 0 Å². The summed E-state index contributed by atoms with van der Waals surface area (Å²) in [6, 6.07) is 16.1. The Hall–Kier alpha value is -3.39. The average Bonchev–Trinajstić information content (AvgIpc) is 2.61. The molecule has 124 valence electrons. The van der Waals surface area contributed by atoms with E-state index in [-0.39, 0.29) is 12.0 Å².